The molecule has 0 aliphatic heterocycles. The van der Waals surface area contributed by atoms with E-state index >= 15 is 0 Å². The van der Waals surface area contributed by atoms with Gasteiger partial charge in [-0.2, -0.15) is 0 Å². The molecule has 2 rings (SSSR count). The molecule has 0 bridgehead atoms. The van der Waals surface area contributed by atoms with E-state index in [-0.39, 0.29) is 36.3 Å². The minimum atomic E-state index is -0.959. The van der Waals surface area contributed by atoms with Crippen molar-refractivity contribution in [2.45, 2.75) is 89.6 Å². The summed E-state index contributed by atoms with van der Waals surface area (Å²) in [5.74, 6) is -0.427. The van der Waals surface area contributed by atoms with E-state index in [9.17, 15) is 29.4 Å². The van der Waals surface area contributed by atoms with Gasteiger partial charge in [0.2, 0.25) is 0 Å². The first-order valence-electron chi connectivity index (χ1n) is 12.3. The molecular weight excluding hydrogens is 439 g/mol. The van der Waals surface area contributed by atoms with E-state index in [0.29, 0.717) is 18.8 Å². The number of carboxylic acids is 1. The van der Waals surface area contributed by atoms with E-state index in [1.165, 1.54) is 13.6 Å². The van der Waals surface area contributed by atoms with Crippen molar-refractivity contribution >= 4 is 39.1 Å². The van der Waals surface area contributed by atoms with E-state index in [1.54, 1.807) is 0 Å². The number of carbonyl (C=O) groups is 2. The Labute approximate surface area is 202 Å². The van der Waals surface area contributed by atoms with Crippen LogP contribution in [0.2, 0.25) is 13.6 Å². The maximum absolute atomic E-state index is 12.9. The Balaban J connectivity index is 1.80. The van der Waals surface area contributed by atoms with Crippen molar-refractivity contribution in [2.24, 2.45) is 16.7 Å². The van der Waals surface area contributed by atoms with Gasteiger partial charge in [-0.1, -0.05) is 0 Å². The average Bonchev–Trinajstić information content (AvgIpc) is 2.77. The molecule has 0 saturated heterocycles. The van der Waals surface area contributed by atoms with Crippen molar-refractivity contribution in [1.29, 1.82) is 0 Å². The van der Waals surface area contributed by atoms with Gasteiger partial charge in [-0.05, 0) is 19.2 Å². The van der Waals surface area contributed by atoms with Gasteiger partial charge in [0, 0.05) is 0 Å². The second kappa shape index (κ2) is 14.5. The van der Waals surface area contributed by atoms with Gasteiger partial charge >= 0.3 is 157 Å². The molecule has 2 fully saturated rings. The summed E-state index contributed by atoms with van der Waals surface area (Å²) in [5, 5.41) is 40.3. The van der Waals surface area contributed by atoms with E-state index in [1.807, 2.05) is 0 Å². The van der Waals surface area contributed by atoms with Gasteiger partial charge < -0.3 is 15.4 Å². The monoisotopic (exact) mass is 477 g/mol. The Kier molecular flexibility index (Phi) is 12.1. The molecule has 2 aliphatic carbocycles. The predicted octanol–water partition coefficient (Wildman–Crippen LogP) is -0.584. The number of amides is 1. The van der Waals surface area contributed by atoms with Crippen LogP contribution in [0, 0.1) is 11.8 Å². The van der Waals surface area contributed by atoms with Crippen LogP contribution in [-0.4, -0.2) is 78.8 Å². The summed E-state index contributed by atoms with van der Waals surface area (Å²) >= 11 is 0. The molecule has 0 aromatic heterocycles. The fraction of sp³-hybridized carbons (Fsp3) is 0.850. The van der Waals surface area contributed by atoms with E-state index in [2.05, 4.69) is 26.1 Å². The summed E-state index contributed by atoms with van der Waals surface area (Å²) in [4.78, 5) is 28.4. The van der Waals surface area contributed by atoms with E-state index in [4.69, 9.17) is 0 Å². The standard InChI is InChI=1S/C20H38B3N5O6/c1-22(33)27-17(19(30)31)10-13-6-8-15(9-7-13)25-18(29)14-4-3-5-16(11-14)26-20(24-12-21-32)28-23(2)34/h13-17,27,33-34H,3-12H2,1-2H3,(H,25,29)(H,30,31)(H2,24,26,28). The molecule has 14 heteroatoms. The molecule has 34 heavy (non-hydrogen) atoms. The van der Waals surface area contributed by atoms with Crippen molar-refractivity contribution in [3.63, 3.8) is 0 Å². The number of hydrogen-bond acceptors (Lipinski definition) is 7. The Morgan fingerprint density at radius 3 is 2.35 bits per heavy atom. The van der Waals surface area contributed by atoms with Crippen LogP contribution in [0.25, 0.3) is 0 Å². The summed E-state index contributed by atoms with van der Waals surface area (Å²) in [7, 11) is -1.06. The van der Waals surface area contributed by atoms with Crippen molar-refractivity contribution in [2.75, 3.05) is 6.44 Å². The maximum atomic E-state index is 12.9. The summed E-state index contributed by atoms with van der Waals surface area (Å²) in [6, 6.07) is -0.663. The fourth-order valence-electron chi connectivity index (χ4n) is 4.94. The SMILES string of the molecule is CB(O)/N=C(/NCB=O)NC1CCCC(C(=O)NC2CCC(CC(NB(C)O)C(=O)O)CC2)C1. The molecule has 2 aliphatic rings. The number of guanidine groups is 1. The summed E-state index contributed by atoms with van der Waals surface area (Å²) in [5.41, 5.74) is 0. The Morgan fingerprint density at radius 1 is 1.06 bits per heavy atom. The van der Waals surface area contributed by atoms with Crippen LogP contribution < -0.4 is 21.2 Å². The number of hydrogen-bond donors (Lipinski definition) is 7. The summed E-state index contributed by atoms with van der Waals surface area (Å²) in [6.45, 7) is 3.04. The topological polar surface area (TPSA) is 172 Å². The molecule has 7 N–H and O–H groups in total. The zero-order chi connectivity index (χ0) is 25.1. The number of nitrogens with one attached hydrogen (secondary N) is 4. The van der Waals surface area contributed by atoms with Gasteiger partial charge in [0.05, 0.1) is 6.04 Å². The van der Waals surface area contributed by atoms with Gasteiger partial charge in [-0.3, -0.25) is 4.79 Å². The molecule has 0 aromatic rings. The molecule has 3 unspecified atom stereocenters. The normalized spacial score (nSPS) is 26.1. The van der Waals surface area contributed by atoms with Crippen LogP contribution in [-0.2, 0) is 14.3 Å². The molecule has 0 radical (unpaired) electrons. The Bertz CT molecular complexity index is 706. The van der Waals surface area contributed by atoms with E-state index in [0.717, 1.165) is 52.1 Å². The first-order valence-corrected chi connectivity index (χ1v) is 12.3. The minimum absolute atomic E-state index is 0.0197. The molecule has 0 spiro atoms. The summed E-state index contributed by atoms with van der Waals surface area (Å²) < 4.78 is 10.7. The van der Waals surface area contributed by atoms with Crippen molar-refractivity contribution < 1.29 is 29.4 Å². The molecule has 0 aromatic carbocycles. The fourth-order valence-corrected chi connectivity index (χ4v) is 4.94. The summed E-state index contributed by atoms with van der Waals surface area (Å²) in [6.07, 6.45) is 7.08. The number of carboxylic acid groups (broad SMARTS) is 1. The molecular formula is C20H38B3N5O6. The van der Waals surface area contributed by atoms with Crippen LogP contribution in [0.3, 0.4) is 0 Å². The third-order valence-electron chi connectivity index (χ3n) is 6.56. The number of carbonyl (C=O) groups excluding carboxylic acids is 1. The molecule has 11 nitrogen and oxygen atoms in total. The van der Waals surface area contributed by atoms with Crippen molar-refractivity contribution in [3.8, 4) is 0 Å². The van der Waals surface area contributed by atoms with Crippen molar-refractivity contribution in [3.05, 3.63) is 0 Å². The molecule has 2 saturated carbocycles. The van der Waals surface area contributed by atoms with Gasteiger partial charge in [-0.25, -0.2) is 0 Å². The second-order valence-electron chi connectivity index (χ2n) is 9.56. The Hall–Kier alpha value is -1.92. The van der Waals surface area contributed by atoms with Crippen LogP contribution in [0.1, 0.15) is 57.8 Å². The van der Waals surface area contributed by atoms with Crippen LogP contribution in [0.15, 0.2) is 4.90 Å². The zero-order valence-corrected chi connectivity index (χ0v) is 20.2. The average molecular weight is 477 g/mol. The predicted molar refractivity (Wildman–Crippen MR) is 131 cm³/mol. The van der Waals surface area contributed by atoms with Gasteiger partial charge in [0.25, 0.3) is 0 Å². The van der Waals surface area contributed by atoms with E-state index < -0.39 is 26.1 Å². The van der Waals surface area contributed by atoms with Crippen LogP contribution in [0.4, 0.5) is 0 Å². The molecule has 3 atom stereocenters. The van der Waals surface area contributed by atoms with Gasteiger partial charge in [0.1, 0.15) is 0 Å². The second-order valence-corrected chi connectivity index (χ2v) is 9.56. The third-order valence-corrected chi connectivity index (χ3v) is 6.56. The number of rotatable bonds is 11. The zero-order valence-electron chi connectivity index (χ0n) is 20.2. The van der Waals surface area contributed by atoms with Crippen LogP contribution >= 0.6 is 0 Å². The molecule has 0 heterocycles. The van der Waals surface area contributed by atoms with Gasteiger partial charge in [-0.15, -0.1) is 0 Å². The molecule has 1 amide bonds. The van der Waals surface area contributed by atoms with Crippen LogP contribution in [0.5, 0.6) is 0 Å². The quantitative estimate of drug-likeness (QED) is 0.117. The number of aliphatic carboxylic acids is 1. The molecule has 188 valence electrons. The van der Waals surface area contributed by atoms with Gasteiger partial charge in [0.15, 0.2) is 0 Å². The Morgan fingerprint density at radius 2 is 1.76 bits per heavy atom. The third kappa shape index (κ3) is 10.1. The first-order chi connectivity index (χ1) is 16.2. The number of nitrogens with zero attached hydrogens (tertiary/aromatic N) is 1. The van der Waals surface area contributed by atoms with Crippen molar-refractivity contribution in [1.82, 2.24) is 21.2 Å². The first kappa shape index (κ1) is 28.3.